The first-order valence-corrected chi connectivity index (χ1v) is 6.91. The van der Waals surface area contributed by atoms with Crippen LogP contribution < -0.4 is 10.2 Å². The van der Waals surface area contributed by atoms with E-state index in [2.05, 4.69) is 22.3 Å². The summed E-state index contributed by atoms with van der Waals surface area (Å²) in [6.45, 7) is 3.31. The van der Waals surface area contributed by atoms with Gasteiger partial charge in [-0.2, -0.15) is 0 Å². The molecule has 1 spiro atoms. The lowest BCUT2D eigenvalue weighted by Gasteiger charge is -2.42. The zero-order chi connectivity index (χ0) is 11.7. The number of nitrogens with zero attached hydrogens (tertiary/aromatic N) is 1. The van der Waals surface area contributed by atoms with Gasteiger partial charge >= 0.3 is 0 Å². The highest BCUT2D eigenvalue weighted by Gasteiger charge is 2.37. The fourth-order valence-corrected chi connectivity index (χ4v) is 3.42. The summed E-state index contributed by atoms with van der Waals surface area (Å²) in [5.41, 5.74) is 1.64. The number of hydrogen-bond acceptors (Lipinski definition) is 2. The molecule has 3 heteroatoms. The summed E-state index contributed by atoms with van der Waals surface area (Å²) in [4.78, 5) is 2.48. The lowest BCUT2D eigenvalue weighted by Crippen LogP contribution is -2.59. The number of piperazine rings is 1. The summed E-state index contributed by atoms with van der Waals surface area (Å²) < 4.78 is 0. The van der Waals surface area contributed by atoms with Gasteiger partial charge in [-0.25, -0.2) is 0 Å². The van der Waals surface area contributed by atoms with Gasteiger partial charge in [0, 0.05) is 35.9 Å². The number of benzene rings is 1. The summed E-state index contributed by atoms with van der Waals surface area (Å²) in [5, 5.41) is 4.57. The van der Waals surface area contributed by atoms with Crippen LogP contribution in [0.4, 0.5) is 5.69 Å². The van der Waals surface area contributed by atoms with E-state index in [0.29, 0.717) is 5.54 Å². The van der Waals surface area contributed by atoms with Crippen molar-refractivity contribution in [2.45, 2.75) is 31.2 Å². The molecular weight excluding hydrogens is 232 g/mol. The van der Waals surface area contributed by atoms with Gasteiger partial charge in [-0.05, 0) is 31.0 Å². The van der Waals surface area contributed by atoms with E-state index in [9.17, 15) is 0 Å². The van der Waals surface area contributed by atoms with Crippen LogP contribution in [0, 0.1) is 0 Å². The molecule has 17 heavy (non-hydrogen) atoms. The molecule has 1 aromatic carbocycles. The maximum atomic E-state index is 6.07. The van der Waals surface area contributed by atoms with Crippen LogP contribution in [0.15, 0.2) is 24.3 Å². The Balaban J connectivity index is 1.79. The van der Waals surface area contributed by atoms with Crippen LogP contribution in [0.5, 0.6) is 0 Å². The second-order valence-electron chi connectivity index (χ2n) is 5.32. The highest BCUT2D eigenvalue weighted by Crippen LogP contribution is 2.33. The number of halogens is 1. The van der Waals surface area contributed by atoms with Crippen molar-refractivity contribution in [3.8, 4) is 0 Å². The number of hydrogen-bond donors (Lipinski definition) is 1. The van der Waals surface area contributed by atoms with Crippen molar-refractivity contribution >= 4 is 17.3 Å². The Labute approximate surface area is 108 Å². The third kappa shape index (κ3) is 2.29. The molecule has 0 aromatic heterocycles. The molecule has 92 valence electrons. The molecule has 0 unspecified atom stereocenters. The van der Waals surface area contributed by atoms with Crippen LogP contribution in [0.1, 0.15) is 25.7 Å². The fourth-order valence-electron chi connectivity index (χ4n) is 3.24. The lowest BCUT2D eigenvalue weighted by molar-refractivity contribution is 0.304. The minimum atomic E-state index is 0.376. The van der Waals surface area contributed by atoms with Gasteiger partial charge in [0.1, 0.15) is 0 Å². The Bertz CT molecular complexity index is 399. The molecular formula is C14H19ClN2. The van der Waals surface area contributed by atoms with Crippen LogP contribution in [-0.4, -0.2) is 25.2 Å². The predicted octanol–water partition coefficient (Wildman–Crippen LogP) is 3.06. The summed E-state index contributed by atoms with van der Waals surface area (Å²) >= 11 is 6.07. The van der Waals surface area contributed by atoms with E-state index in [1.165, 1.54) is 31.4 Å². The van der Waals surface area contributed by atoms with Crippen molar-refractivity contribution in [3.05, 3.63) is 29.3 Å². The molecule has 1 heterocycles. The molecule has 1 aromatic rings. The maximum Gasteiger partial charge on any atom is 0.0426 e. The summed E-state index contributed by atoms with van der Waals surface area (Å²) in [6.07, 6.45) is 5.39. The first-order valence-electron chi connectivity index (χ1n) is 6.53. The topological polar surface area (TPSA) is 15.3 Å². The van der Waals surface area contributed by atoms with E-state index in [1.807, 2.05) is 12.1 Å². The van der Waals surface area contributed by atoms with Gasteiger partial charge < -0.3 is 10.2 Å². The predicted molar refractivity (Wildman–Crippen MR) is 72.9 cm³/mol. The molecule has 0 bridgehead atoms. The van der Waals surface area contributed by atoms with E-state index in [-0.39, 0.29) is 0 Å². The van der Waals surface area contributed by atoms with Crippen LogP contribution in [0.25, 0.3) is 0 Å². The Morgan fingerprint density at radius 2 is 2.06 bits per heavy atom. The summed E-state index contributed by atoms with van der Waals surface area (Å²) in [7, 11) is 0. The SMILES string of the molecule is Clc1cccc(N2CCNC3(CCCC3)C2)c1. The minimum absolute atomic E-state index is 0.376. The first-order chi connectivity index (χ1) is 8.27. The molecule has 0 radical (unpaired) electrons. The maximum absolute atomic E-state index is 6.07. The molecule has 2 nitrogen and oxygen atoms in total. The van der Waals surface area contributed by atoms with E-state index in [1.54, 1.807) is 0 Å². The Morgan fingerprint density at radius 1 is 1.24 bits per heavy atom. The largest absolute Gasteiger partial charge is 0.368 e. The molecule has 2 fully saturated rings. The molecule has 1 aliphatic heterocycles. The van der Waals surface area contributed by atoms with Crippen molar-refractivity contribution in [1.82, 2.24) is 5.32 Å². The van der Waals surface area contributed by atoms with Gasteiger partial charge in [-0.3, -0.25) is 0 Å². The molecule has 3 rings (SSSR count). The highest BCUT2D eigenvalue weighted by atomic mass is 35.5. The molecule has 1 aliphatic carbocycles. The molecule has 1 saturated carbocycles. The summed E-state index contributed by atoms with van der Waals surface area (Å²) in [5.74, 6) is 0. The number of nitrogens with one attached hydrogen (secondary N) is 1. The van der Waals surface area contributed by atoms with Crippen LogP contribution >= 0.6 is 11.6 Å². The molecule has 1 saturated heterocycles. The average Bonchev–Trinajstić information content (AvgIpc) is 2.77. The standard InChI is InChI=1S/C14H19ClN2/c15-12-4-3-5-13(10-12)17-9-8-16-14(11-17)6-1-2-7-14/h3-5,10,16H,1-2,6-9,11H2. The van der Waals surface area contributed by atoms with E-state index in [4.69, 9.17) is 11.6 Å². The van der Waals surface area contributed by atoms with Gasteiger partial charge in [0.15, 0.2) is 0 Å². The Hall–Kier alpha value is -0.730. The molecule has 2 aliphatic rings. The second-order valence-corrected chi connectivity index (χ2v) is 5.75. The van der Waals surface area contributed by atoms with Gasteiger partial charge in [0.25, 0.3) is 0 Å². The van der Waals surface area contributed by atoms with Crippen molar-refractivity contribution in [3.63, 3.8) is 0 Å². The lowest BCUT2D eigenvalue weighted by atomic mass is 9.94. The third-order valence-electron chi connectivity index (χ3n) is 4.11. The summed E-state index contributed by atoms with van der Waals surface area (Å²) in [6, 6.07) is 8.23. The van der Waals surface area contributed by atoms with E-state index < -0.39 is 0 Å². The van der Waals surface area contributed by atoms with Crippen molar-refractivity contribution < 1.29 is 0 Å². The monoisotopic (exact) mass is 250 g/mol. The first kappa shape index (κ1) is 11.4. The highest BCUT2D eigenvalue weighted by molar-refractivity contribution is 6.30. The zero-order valence-corrected chi connectivity index (χ0v) is 10.8. The number of rotatable bonds is 1. The van der Waals surface area contributed by atoms with Crippen LogP contribution in [-0.2, 0) is 0 Å². The number of anilines is 1. The smallest absolute Gasteiger partial charge is 0.0426 e. The minimum Gasteiger partial charge on any atom is -0.368 e. The van der Waals surface area contributed by atoms with E-state index in [0.717, 1.165) is 24.7 Å². The van der Waals surface area contributed by atoms with Gasteiger partial charge in [0.05, 0.1) is 0 Å². The van der Waals surface area contributed by atoms with E-state index >= 15 is 0 Å². The quantitative estimate of drug-likeness (QED) is 0.824. The van der Waals surface area contributed by atoms with Gasteiger partial charge in [-0.1, -0.05) is 30.5 Å². The second kappa shape index (κ2) is 4.51. The molecule has 0 amide bonds. The Kier molecular flexibility index (Phi) is 3.01. The van der Waals surface area contributed by atoms with Crippen LogP contribution in [0.3, 0.4) is 0 Å². The van der Waals surface area contributed by atoms with Crippen molar-refractivity contribution in [2.75, 3.05) is 24.5 Å². The molecule has 0 atom stereocenters. The third-order valence-corrected chi connectivity index (χ3v) is 4.34. The normalized spacial score (nSPS) is 23.2. The van der Waals surface area contributed by atoms with Crippen molar-refractivity contribution in [1.29, 1.82) is 0 Å². The van der Waals surface area contributed by atoms with Gasteiger partial charge in [-0.15, -0.1) is 0 Å². The van der Waals surface area contributed by atoms with Gasteiger partial charge in [0.2, 0.25) is 0 Å². The van der Waals surface area contributed by atoms with Crippen LogP contribution in [0.2, 0.25) is 5.02 Å². The Morgan fingerprint density at radius 3 is 2.82 bits per heavy atom. The van der Waals surface area contributed by atoms with Crippen molar-refractivity contribution in [2.24, 2.45) is 0 Å². The fraction of sp³-hybridized carbons (Fsp3) is 0.571. The molecule has 1 N–H and O–H groups in total. The average molecular weight is 251 g/mol. The zero-order valence-electron chi connectivity index (χ0n) is 10.1.